The van der Waals surface area contributed by atoms with Gasteiger partial charge in [0.1, 0.15) is 5.69 Å². The Kier molecular flexibility index (Phi) is 3.57. The van der Waals surface area contributed by atoms with Crippen LogP contribution in [-0.2, 0) is 0 Å². The Morgan fingerprint density at radius 2 is 2.28 bits per heavy atom. The molecule has 0 unspecified atom stereocenters. The molecule has 0 aliphatic heterocycles. The molecule has 2 rings (SSSR count). The van der Waals surface area contributed by atoms with Crippen LogP contribution in [0.5, 0.6) is 0 Å². The molecule has 0 saturated heterocycles. The number of rotatable bonds is 4. The molecule has 1 amide bonds. The predicted octanol–water partition coefficient (Wildman–Crippen LogP) is 0.329. The lowest BCUT2D eigenvalue weighted by Crippen LogP contribution is -2.32. The monoisotopic (exact) mass is 247 g/mol. The summed E-state index contributed by atoms with van der Waals surface area (Å²) in [5, 5.41) is 7.12. The Morgan fingerprint density at radius 3 is 3.00 bits per heavy atom. The van der Waals surface area contributed by atoms with Crippen molar-refractivity contribution < 1.29 is 4.79 Å². The van der Waals surface area contributed by atoms with Crippen LogP contribution >= 0.6 is 0 Å². The molecule has 0 saturated carbocycles. The molecule has 0 radical (unpaired) electrons. The fourth-order valence-electron chi connectivity index (χ4n) is 1.67. The molecule has 6 heteroatoms. The first-order chi connectivity index (χ1) is 8.58. The highest BCUT2D eigenvalue weighted by molar-refractivity contribution is 5.92. The molecule has 2 aromatic heterocycles. The molecule has 0 bridgehead atoms. The van der Waals surface area contributed by atoms with Gasteiger partial charge in [0.05, 0.1) is 5.69 Å². The van der Waals surface area contributed by atoms with Gasteiger partial charge in [0, 0.05) is 25.4 Å². The number of hydrogen-bond acceptors (Lipinski definition) is 4. The summed E-state index contributed by atoms with van der Waals surface area (Å²) in [7, 11) is 3.93. The van der Waals surface area contributed by atoms with E-state index in [2.05, 4.69) is 15.4 Å². The van der Waals surface area contributed by atoms with Crippen LogP contribution < -0.4 is 5.32 Å². The SMILES string of the molecule is Cc1cc2nccc(C(=O)NCCN(C)C)n2n1. The van der Waals surface area contributed by atoms with E-state index in [9.17, 15) is 4.79 Å². The van der Waals surface area contributed by atoms with E-state index in [1.807, 2.05) is 32.0 Å². The van der Waals surface area contributed by atoms with Crippen LogP contribution in [0.2, 0.25) is 0 Å². The van der Waals surface area contributed by atoms with Gasteiger partial charge in [0.25, 0.3) is 5.91 Å². The topological polar surface area (TPSA) is 62.5 Å². The van der Waals surface area contributed by atoms with Gasteiger partial charge in [0.2, 0.25) is 0 Å². The second-order valence-electron chi connectivity index (χ2n) is 4.44. The maximum atomic E-state index is 12.0. The number of nitrogens with one attached hydrogen (secondary N) is 1. The molecule has 6 nitrogen and oxygen atoms in total. The summed E-state index contributed by atoms with van der Waals surface area (Å²) >= 11 is 0. The summed E-state index contributed by atoms with van der Waals surface area (Å²) in [5.74, 6) is -0.132. The van der Waals surface area contributed by atoms with E-state index < -0.39 is 0 Å². The minimum absolute atomic E-state index is 0.132. The Balaban J connectivity index is 2.17. The summed E-state index contributed by atoms with van der Waals surface area (Å²) < 4.78 is 1.57. The summed E-state index contributed by atoms with van der Waals surface area (Å²) in [6.07, 6.45) is 1.62. The van der Waals surface area contributed by atoms with Gasteiger partial charge in [-0.2, -0.15) is 5.10 Å². The molecule has 0 aromatic carbocycles. The standard InChI is InChI=1S/C12H17N5O/c1-9-8-11-13-5-4-10(17(11)15-9)12(18)14-6-7-16(2)3/h4-5,8H,6-7H2,1-3H3,(H,14,18). The van der Waals surface area contributed by atoms with E-state index in [4.69, 9.17) is 0 Å². The number of carbonyl (C=O) groups excluding carboxylic acids is 1. The van der Waals surface area contributed by atoms with Gasteiger partial charge in [-0.3, -0.25) is 4.79 Å². The molecule has 2 heterocycles. The molecular weight excluding hydrogens is 230 g/mol. The maximum Gasteiger partial charge on any atom is 0.270 e. The van der Waals surface area contributed by atoms with Gasteiger partial charge < -0.3 is 10.2 Å². The zero-order valence-corrected chi connectivity index (χ0v) is 10.8. The van der Waals surface area contributed by atoms with Crippen molar-refractivity contribution >= 4 is 11.6 Å². The lowest BCUT2D eigenvalue weighted by Gasteiger charge is -2.10. The number of likely N-dealkylation sites (N-methyl/N-ethyl adjacent to an activating group) is 1. The van der Waals surface area contributed by atoms with Crippen molar-refractivity contribution in [3.8, 4) is 0 Å². The first-order valence-corrected chi connectivity index (χ1v) is 5.82. The van der Waals surface area contributed by atoms with Crippen LogP contribution in [0.25, 0.3) is 5.65 Å². The van der Waals surface area contributed by atoms with Crippen LogP contribution in [0.1, 0.15) is 16.2 Å². The largest absolute Gasteiger partial charge is 0.349 e. The lowest BCUT2D eigenvalue weighted by molar-refractivity contribution is 0.0943. The van der Waals surface area contributed by atoms with E-state index >= 15 is 0 Å². The normalized spacial score (nSPS) is 11.1. The average molecular weight is 247 g/mol. The number of aryl methyl sites for hydroxylation is 1. The molecule has 0 aliphatic carbocycles. The van der Waals surface area contributed by atoms with Crippen molar-refractivity contribution in [3.63, 3.8) is 0 Å². The van der Waals surface area contributed by atoms with Gasteiger partial charge in [-0.25, -0.2) is 9.50 Å². The van der Waals surface area contributed by atoms with Gasteiger partial charge in [-0.05, 0) is 27.1 Å². The van der Waals surface area contributed by atoms with Crippen molar-refractivity contribution in [2.75, 3.05) is 27.2 Å². The van der Waals surface area contributed by atoms with E-state index in [1.54, 1.807) is 16.8 Å². The molecule has 0 aliphatic rings. The molecule has 0 atom stereocenters. The Hall–Kier alpha value is -1.95. The van der Waals surface area contributed by atoms with E-state index in [1.165, 1.54) is 0 Å². The zero-order chi connectivity index (χ0) is 13.1. The van der Waals surface area contributed by atoms with Crippen molar-refractivity contribution in [3.05, 3.63) is 29.7 Å². The minimum atomic E-state index is -0.132. The van der Waals surface area contributed by atoms with E-state index in [-0.39, 0.29) is 5.91 Å². The highest BCUT2D eigenvalue weighted by Gasteiger charge is 2.11. The second-order valence-corrected chi connectivity index (χ2v) is 4.44. The highest BCUT2D eigenvalue weighted by atomic mass is 16.2. The Labute approximate surface area is 106 Å². The number of amides is 1. The second kappa shape index (κ2) is 5.14. The van der Waals surface area contributed by atoms with Crippen LogP contribution in [0, 0.1) is 6.92 Å². The van der Waals surface area contributed by atoms with Crippen molar-refractivity contribution in [2.24, 2.45) is 0 Å². The van der Waals surface area contributed by atoms with Crippen molar-refractivity contribution in [2.45, 2.75) is 6.92 Å². The van der Waals surface area contributed by atoms with Gasteiger partial charge in [0.15, 0.2) is 5.65 Å². The minimum Gasteiger partial charge on any atom is -0.349 e. The Bertz CT molecular complexity index is 561. The van der Waals surface area contributed by atoms with Crippen LogP contribution in [0.15, 0.2) is 18.3 Å². The van der Waals surface area contributed by atoms with Crippen LogP contribution in [-0.4, -0.2) is 52.6 Å². The third kappa shape index (κ3) is 2.65. The Morgan fingerprint density at radius 1 is 1.50 bits per heavy atom. The van der Waals surface area contributed by atoms with Gasteiger partial charge >= 0.3 is 0 Å². The molecule has 96 valence electrons. The highest BCUT2D eigenvalue weighted by Crippen LogP contribution is 2.06. The number of aromatic nitrogens is 3. The summed E-state index contributed by atoms with van der Waals surface area (Å²) in [6.45, 7) is 3.29. The summed E-state index contributed by atoms with van der Waals surface area (Å²) in [4.78, 5) is 18.2. The quantitative estimate of drug-likeness (QED) is 0.845. The molecular formula is C12H17N5O. The number of fused-ring (bicyclic) bond motifs is 1. The van der Waals surface area contributed by atoms with Gasteiger partial charge in [-0.15, -0.1) is 0 Å². The molecule has 0 fully saturated rings. The van der Waals surface area contributed by atoms with E-state index in [0.29, 0.717) is 17.9 Å². The fourth-order valence-corrected chi connectivity index (χ4v) is 1.67. The predicted molar refractivity (Wildman–Crippen MR) is 68.6 cm³/mol. The number of carbonyl (C=O) groups is 1. The van der Waals surface area contributed by atoms with Crippen molar-refractivity contribution in [1.29, 1.82) is 0 Å². The van der Waals surface area contributed by atoms with Gasteiger partial charge in [-0.1, -0.05) is 0 Å². The molecule has 18 heavy (non-hydrogen) atoms. The number of hydrogen-bond donors (Lipinski definition) is 1. The molecule has 1 N–H and O–H groups in total. The third-order valence-electron chi connectivity index (χ3n) is 2.56. The first-order valence-electron chi connectivity index (χ1n) is 5.82. The zero-order valence-electron chi connectivity index (χ0n) is 10.8. The third-order valence-corrected chi connectivity index (χ3v) is 2.56. The fraction of sp³-hybridized carbons (Fsp3) is 0.417. The maximum absolute atomic E-state index is 12.0. The molecule has 2 aromatic rings. The first kappa shape index (κ1) is 12.5. The molecule has 0 spiro atoms. The number of nitrogens with zero attached hydrogens (tertiary/aromatic N) is 4. The average Bonchev–Trinajstić information content (AvgIpc) is 2.67. The van der Waals surface area contributed by atoms with Crippen molar-refractivity contribution in [1.82, 2.24) is 24.8 Å². The van der Waals surface area contributed by atoms with Crippen LogP contribution in [0.4, 0.5) is 0 Å². The summed E-state index contributed by atoms with van der Waals surface area (Å²) in [5.41, 5.74) is 2.04. The summed E-state index contributed by atoms with van der Waals surface area (Å²) in [6, 6.07) is 3.51. The van der Waals surface area contributed by atoms with Crippen LogP contribution in [0.3, 0.4) is 0 Å². The smallest absolute Gasteiger partial charge is 0.270 e. The lowest BCUT2D eigenvalue weighted by atomic mass is 10.3. The van der Waals surface area contributed by atoms with E-state index in [0.717, 1.165) is 12.2 Å².